The van der Waals surface area contributed by atoms with Crippen LogP contribution in [0.2, 0.25) is 0 Å². The monoisotopic (exact) mass is 385 g/mol. The molecule has 0 saturated heterocycles. The molecular weight excluding hydrogens is 350 g/mol. The fraction of sp³-hybridized carbons (Fsp3) is 0.875. The summed E-state index contributed by atoms with van der Waals surface area (Å²) in [6.07, 6.45) is 11.4. The number of carbonyl (C=O) groups excluding carboxylic acids is 2. The summed E-state index contributed by atoms with van der Waals surface area (Å²) in [4.78, 5) is 28.4. The van der Waals surface area contributed by atoms with Crippen molar-refractivity contribution >= 4 is 18.5 Å². The van der Waals surface area contributed by atoms with Crippen LogP contribution in [-0.4, -0.2) is 31.1 Å². The smallest absolute Gasteiger partial charge is 0.303 e. The molecule has 0 aliphatic heterocycles. The number of fused-ring (bicyclic) bond motifs is 2. The fourth-order valence-electron chi connectivity index (χ4n) is 9.29. The molecule has 0 aromatic rings. The Morgan fingerprint density at radius 2 is 1.96 bits per heavy atom. The molecule has 0 N–H and O–H groups in total. The summed E-state index contributed by atoms with van der Waals surface area (Å²) in [6, 6.07) is 0.495. The van der Waals surface area contributed by atoms with Crippen molar-refractivity contribution in [3.8, 4) is 0 Å². The standard InChI is InChI=1S/C24H35NO3/c1-14(26)28-13-21(27)20-7-6-19-18-5-4-16-10-17(25-3)8-9-24(16)12-15(22(18)24)11-23(19,20)2/h15-20,22H,3-13H2,1-2H3/t15?,16-,17+,18?,19?,20?,22?,23+,24-/m1/s1. The third-order valence-electron chi connectivity index (χ3n) is 10.1. The summed E-state index contributed by atoms with van der Waals surface area (Å²) in [5.74, 6) is 3.98. The van der Waals surface area contributed by atoms with Gasteiger partial charge in [-0.15, -0.1) is 0 Å². The van der Waals surface area contributed by atoms with E-state index >= 15 is 0 Å². The molecule has 5 aliphatic rings. The lowest BCUT2D eigenvalue weighted by Gasteiger charge is -2.72. The Bertz CT molecular complexity index is 704. The third kappa shape index (κ3) is 2.45. The second-order valence-electron chi connectivity index (χ2n) is 11.0. The van der Waals surface area contributed by atoms with Crippen molar-refractivity contribution in [1.29, 1.82) is 0 Å². The molecule has 5 rings (SSSR count). The highest BCUT2D eigenvalue weighted by Gasteiger charge is 2.70. The van der Waals surface area contributed by atoms with Gasteiger partial charge in [-0.3, -0.25) is 14.6 Å². The van der Waals surface area contributed by atoms with E-state index in [1.54, 1.807) is 0 Å². The Kier molecular flexibility index (Phi) is 4.30. The summed E-state index contributed by atoms with van der Waals surface area (Å²) >= 11 is 0. The highest BCUT2D eigenvalue weighted by molar-refractivity contribution is 5.85. The molecule has 0 heterocycles. The number of hydrogen-bond donors (Lipinski definition) is 0. The Hall–Kier alpha value is -1.19. The van der Waals surface area contributed by atoms with Gasteiger partial charge >= 0.3 is 5.97 Å². The molecule has 4 nitrogen and oxygen atoms in total. The van der Waals surface area contributed by atoms with Gasteiger partial charge in [0.25, 0.3) is 0 Å². The molecule has 28 heavy (non-hydrogen) atoms. The maximum atomic E-state index is 12.9. The van der Waals surface area contributed by atoms with Crippen LogP contribution in [-0.2, 0) is 14.3 Å². The van der Waals surface area contributed by atoms with E-state index in [0.717, 1.165) is 30.1 Å². The average molecular weight is 386 g/mol. The summed E-state index contributed by atoms with van der Waals surface area (Å²) in [7, 11) is 0. The van der Waals surface area contributed by atoms with E-state index in [0.29, 0.717) is 17.4 Å². The van der Waals surface area contributed by atoms with Crippen molar-refractivity contribution in [2.24, 2.45) is 51.3 Å². The minimum Gasteiger partial charge on any atom is -0.458 e. The predicted octanol–water partition coefficient (Wildman–Crippen LogP) is 4.46. The van der Waals surface area contributed by atoms with Gasteiger partial charge in [0.1, 0.15) is 6.61 Å². The first-order valence-electron chi connectivity index (χ1n) is 11.5. The first kappa shape index (κ1) is 18.8. The molecule has 9 atom stereocenters. The molecule has 0 aromatic carbocycles. The quantitative estimate of drug-likeness (QED) is 0.530. The van der Waals surface area contributed by atoms with Crippen LogP contribution in [0.25, 0.3) is 0 Å². The van der Waals surface area contributed by atoms with Crippen LogP contribution < -0.4 is 0 Å². The molecule has 0 radical (unpaired) electrons. The zero-order chi connectivity index (χ0) is 19.7. The van der Waals surface area contributed by atoms with Gasteiger partial charge in [-0.1, -0.05) is 6.92 Å². The lowest BCUT2D eigenvalue weighted by Crippen LogP contribution is -2.65. The van der Waals surface area contributed by atoms with Crippen molar-refractivity contribution < 1.29 is 14.3 Å². The number of nitrogens with zero attached hydrogens (tertiary/aromatic N) is 1. The molecule has 5 aliphatic carbocycles. The second kappa shape index (κ2) is 6.40. The maximum absolute atomic E-state index is 12.9. The molecule has 5 unspecified atom stereocenters. The van der Waals surface area contributed by atoms with Gasteiger partial charge in [-0.05, 0) is 105 Å². The van der Waals surface area contributed by atoms with E-state index in [9.17, 15) is 9.59 Å². The van der Waals surface area contributed by atoms with E-state index in [1.165, 1.54) is 58.3 Å². The van der Waals surface area contributed by atoms with E-state index in [-0.39, 0.29) is 29.7 Å². The molecule has 5 saturated carbocycles. The van der Waals surface area contributed by atoms with E-state index in [2.05, 4.69) is 18.6 Å². The summed E-state index contributed by atoms with van der Waals surface area (Å²) in [5.41, 5.74) is 0.716. The molecule has 0 aromatic heterocycles. The van der Waals surface area contributed by atoms with Crippen LogP contribution >= 0.6 is 0 Å². The molecule has 5 fully saturated rings. The van der Waals surface area contributed by atoms with Crippen molar-refractivity contribution in [1.82, 2.24) is 0 Å². The highest BCUT2D eigenvalue weighted by atomic mass is 16.5. The first-order chi connectivity index (χ1) is 13.4. The van der Waals surface area contributed by atoms with Crippen molar-refractivity contribution in [2.75, 3.05) is 6.61 Å². The zero-order valence-electron chi connectivity index (χ0n) is 17.5. The third-order valence-corrected chi connectivity index (χ3v) is 10.1. The van der Waals surface area contributed by atoms with Crippen LogP contribution in [0.3, 0.4) is 0 Å². The lowest BCUT2D eigenvalue weighted by molar-refractivity contribution is -0.231. The number of rotatable bonds is 4. The molecule has 154 valence electrons. The SMILES string of the molecule is C=N[C@H]1CC[C@@]23CC4C[C@]5(C)C(C(=O)COC(C)=O)CCC5C(CC[C@@H]2C1)C43. The predicted molar refractivity (Wildman–Crippen MR) is 108 cm³/mol. The zero-order valence-corrected chi connectivity index (χ0v) is 17.5. The van der Waals surface area contributed by atoms with Gasteiger partial charge in [0.15, 0.2) is 5.78 Å². The largest absolute Gasteiger partial charge is 0.458 e. The number of hydrogen-bond acceptors (Lipinski definition) is 4. The summed E-state index contributed by atoms with van der Waals surface area (Å²) in [6.45, 7) is 7.59. The first-order valence-corrected chi connectivity index (χ1v) is 11.5. The number of aliphatic imine (C=N–C) groups is 1. The van der Waals surface area contributed by atoms with Gasteiger partial charge in [-0.25, -0.2) is 0 Å². The molecule has 1 spiro atoms. The van der Waals surface area contributed by atoms with Crippen LogP contribution in [0.5, 0.6) is 0 Å². The normalized spacial score (nSPS) is 51.1. The number of ketones is 1. The van der Waals surface area contributed by atoms with Gasteiger partial charge in [-0.2, -0.15) is 0 Å². The minimum atomic E-state index is -0.347. The van der Waals surface area contributed by atoms with Gasteiger partial charge < -0.3 is 4.74 Å². The number of Topliss-reactive ketones (excluding diaryl/α,β-unsaturated/α-hetero) is 1. The van der Waals surface area contributed by atoms with Crippen LogP contribution in [0.15, 0.2) is 4.99 Å². The summed E-state index contributed by atoms with van der Waals surface area (Å²) in [5, 5.41) is 0. The Morgan fingerprint density at radius 1 is 1.14 bits per heavy atom. The number of esters is 1. The summed E-state index contributed by atoms with van der Waals surface area (Å²) < 4.78 is 5.07. The Balaban J connectivity index is 1.36. The van der Waals surface area contributed by atoms with Crippen LogP contribution in [0.4, 0.5) is 0 Å². The molecular formula is C24H35NO3. The molecule has 4 heteroatoms. The Morgan fingerprint density at radius 3 is 2.71 bits per heavy atom. The molecule has 0 bridgehead atoms. The number of ether oxygens (including phenoxy) is 1. The van der Waals surface area contributed by atoms with Gasteiger partial charge in [0.05, 0.1) is 0 Å². The van der Waals surface area contributed by atoms with Crippen LogP contribution in [0.1, 0.15) is 71.6 Å². The second-order valence-corrected chi connectivity index (χ2v) is 11.0. The average Bonchev–Trinajstić information content (AvgIpc) is 3.01. The topological polar surface area (TPSA) is 55.7 Å². The van der Waals surface area contributed by atoms with Crippen molar-refractivity contribution in [3.63, 3.8) is 0 Å². The van der Waals surface area contributed by atoms with E-state index in [1.807, 2.05) is 0 Å². The minimum absolute atomic E-state index is 0.0248. The number of carbonyl (C=O) groups is 2. The van der Waals surface area contributed by atoms with Crippen molar-refractivity contribution in [3.05, 3.63) is 0 Å². The Labute approximate surface area is 168 Å². The highest BCUT2D eigenvalue weighted by Crippen LogP contribution is 2.76. The van der Waals surface area contributed by atoms with E-state index in [4.69, 9.17) is 4.74 Å². The van der Waals surface area contributed by atoms with Gasteiger partial charge in [0, 0.05) is 18.9 Å². The van der Waals surface area contributed by atoms with Gasteiger partial charge in [0.2, 0.25) is 0 Å². The molecule has 0 amide bonds. The fourth-order valence-corrected chi connectivity index (χ4v) is 9.29. The maximum Gasteiger partial charge on any atom is 0.303 e. The van der Waals surface area contributed by atoms with Crippen molar-refractivity contribution in [2.45, 2.75) is 77.7 Å². The lowest BCUT2D eigenvalue weighted by atomic mass is 9.33. The van der Waals surface area contributed by atoms with Crippen LogP contribution in [0, 0.1) is 46.3 Å². The van der Waals surface area contributed by atoms with E-state index < -0.39 is 0 Å².